The first-order valence-corrected chi connectivity index (χ1v) is 2.96. The normalized spacial score (nSPS) is 22.2. The van der Waals surface area contributed by atoms with Crippen LogP contribution in [0.1, 0.15) is 6.42 Å². The van der Waals surface area contributed by atoms with Gasteiger partial charge in [0.25, 0.3) is 0 Å². The molecule has 9 heavy (non-hydrogen) atoms. The van der Waals surface area contributed by atoms with Gasteiger partial charge in [0, 0.05) is 12.6 Å². The summed E-state index contributed by atoms with van der Waals surface area (Å²) in [5, 5.41) is 2.97. The Labute approximate surface area is 53.2 Å². The Morgan fingerprint density at radius 1 is 1.56 bits per heavy atom. The van der Waals surface area contributed by atoms with Crippen LogP contribution in [0.4, 0.5) is 0 Å². The van der Waals surface area contributed by atoms with Gasteiger partial charge in [-0.25, -0.2) is 4.99 Å². The van der Waals surface area contributed by atoms with Gasteiger partial charge in [0.05, 0.1) is 12.9 Å². The van der Waals surface area contributed by atoms with Crippen LogP contribution in [-0.4, -0.2) is 19.1 Å². The highest BCUT2D eigenvalue weighted by molar-refractivity contribution is 5.71. The summed E-state index contributed by atoms with van der Waals surface area (Å²) in [5.74, 6) is 1.00. The number of aliphatic imine (C=N–C) groups is 2. The van der Waals surface area contributed by atoms with Gasteiger partial charge in [0.15, 0.2) is 0 Å². The molecule has 2 heterocycles. The summed E-state index contributed by atoms with van der Waals surface area (Å²) in [6.07, 6.45) is 4.58. The number of hydrogen-bond acceptors (Lipinski definition) is 3. The molecule has 3 nitrogen and oxygen atoms in total. The Bertz CT molecular complexity index is 212. The van der Waals surface area contributed by atoms with Crippen LogP contribution in [0.25, 0.3) is 0 Å². The second-order valence-electron chi connectivity index (χ2n) is 2.08. The lowest BCUT2D eigenvalue weighted by Crippen LogP contribution is -2.15. The van der Waals surface area contributed by atoms with E-state index in [9.17, 15) is 0 Å². The minimum Gasteiger partial charge on any atom is -0.331 e. The standard InChI is InChI=1S/C6H7N3/c1-2-8-6-5(1)3-7-4-9-6/h2,4H,1,3H2,(H,7,9). The molecule has 0 amide bonds. The summed E-state index contributed by atoms with van der Waals surface area (Å²) in [7, 11) is 0. The van der Waals surface area contributed by atoms with Crippen LogP contribution in [0.5, 0.6) is 0 Å². The Morgan fingerprint density at radius 2 is 2.56 bits per heavy atom. The summed E-state index contributed by atoms with van der Waals surface area (Å²) in [4.78, 5) is 8.16. The van der Waals surface area contributed by atoms with E-state index in [-0.39, 0.29) is 0 Å². The van der Waals surface area contributed by atoms with Crippen molar-refractivity contribution >= 4 is 12.6 Å². The van der Waals surface area contributed by atoms with Gasteiger partial charge in [-0.05, 0) is 5.57 Å². The van der Waals surface area contributed by atoms with E-state index in [0.29, 0.717) is 0 Å². The minimum atomic E-state index is 0.822. The monoisotopic (exact) mass is 121 g/mol. The predicted molar refractivity (Wildman–Crippen MR) is 36.6 cm³/mol. The highest BCUT2D eigenvalue weighted by Gasteiger charge is 2.10. The van der Waals surface area contributed by atoms with E-state index in [4.69, 9.17) is 0 Å². The average molecular weight is 121 g/mol. The SMILES string of the molecule is C1=NCC2=C(N=CC2)N1. The van der Waals surface area contributed by atoms with E-state index in [1.807, 2.05) is 6.21 Å². The largest absolute Gasteiger partial charge is 0.331 e. The fraction of sp³-hybridized carbons (Fsp3) is 0.333. The van der Waals surface area contributed by atoms with Crippen LogP contribution >= 0.6 is 0 Å². The van der Waals surface area contributed by atoms with Crippen molar-refractivity contribution in [3.63, 3.8) is 0 Å². The molecule has 0 saturated carbocycles. The third-order valence-corrected chi connectivity index (χ3v) is 1.47. The fourth-order valence-corrected chi connectivity index (χ4v) is 0.976. The van der Waals surface area contributed by atoms with E-state index in [1.165, 1.54) is 5.57 Å². The zero-order valence-electron chi connectivity index (χ0n) is 4.96. The van der Waals surface area contributed by atoms with Gasteiger partial charge in [-0.3, -0.25) is 4.99 Å². The first-order chi connectivity index (χ1) is 4.47. The van der Waals surface area contributed by atoms with Gasteiger partial charge in [0.1, 0.15) is 5.82 Å². The lowest BCUT2D eigenvalue weighted by atomic mass is 10.2. The Morgan fingerprint density at radius 3 is 3.44 bits per heavy atom. The maximum atomic E-state index is 4.11. The fourth-order valence-electron chi connectivity index (χ4n) is 0.976. The molecule has 2 rings (SSSR count). The Balaban J connectivity index is 2.28. The highest BCUT2D eigenvalue weighted by Crippen LogP contribution is 2.14. The van der Waals surface area contributed by atoms with Crippen LogP contribution in [-0.2, 0) is 0 Å². The molecular formula is C6H7N3. The van der Waals surface area contributed by atoms with Gasteiger partial charge in [-0.2, -0.15) is 0 Å². The molecule has 0 aromatic heterocycles. The molecular weight excluding hydrogens is 114 g/mol. The Kier molecular flexibility index (Phi) is 0.886. The molecule has 0 spiro atoms. The summed E-state index contributed by atoms with van der Waals surface area (Å²) in [5.41, 5.74) is 1.30. The van der Waals surface area contributed by atoms with Crippen molar-refractivity contribution in [1.82, 2.24) is 5.32 Å². The molecule has 1 N–H and O–H groups in total. The number of nitrogens with one attached hydrogen (secondary N) is 1. The third-order valence-electron chi connectivity index (χ3n) is 1.47. The molecule has 0 saturated heterocycles. The summed E-state index contributed by atoms with van der Waals surface area (Å²) >= 11 is 0. The molecule has 0 bridgehead atoms. The molecule has 3 heteroatoms. The zero-order valence-corrected chi connectivity index (χ0v) is 4.96. The first-order valence-electron chi connectivity index (χ1n) is 2.96. The van der Waals surface area contributed by atoms with E-state index in [1.54, 1.807) is 6.34 Å². The van der Waals surface area contributed by atoms with Crippen LogP contribution in [0.2, 0.25) is 0 Å². The quantitative estimate of drug-likeness (QED) is 0.491. The number of rotatable bonds is 0. The molecule has 2 aliphatic rings. The predicted octanol–water partition coefficient (Wildman–Crippen LogP) is 0.304. The van der Waals surface area contributed by atoms with Crippen LogP contribution < -0.4 is 5.32 Å². The second-order valence-corrected chi connectivity index (χ2v) is 2.08. The van der Waals surface area contributed by atoms with Gasteiger partial charge < -0.3 is 5.32 Å². The molecule has 0 atom stereocenters. The molecule has 0 radical (unpaired) electrons. The lowest BCUT2D eigenvalue weighted by Gasteiger charge is -2.06. The molecule has 0 unspecified atom stereocenters. The zero-order chi connectivity index (χ0) is 6.10. The maximum absolute atomic E-state index is 4.11. The highest BCUT2D eigenvalue weighted by atomic mass is 15.1. The van der Waals surface area contributed by atoms with Crippen molar-refractivity contribution in [3.05, 3.63) is 11.4 Å². The Hall–Kier alpha value is -1.12. The van der Waals surface area contributed by atoms with E-state index in [0.717, 1.165) is 18.8 Å². The minimum absolute atomic E-state index is 0.822. The average Bonchev–Trinajstić information content (AvgIpc) is 2.33. The van der Waals surface area contributed by atoms with E-state index < -0.39 is 0 Å². The molecule has 2 aliphatic heterocycles. The van der Waals surface area contributed by atoms with Crippen molar-refractivity contribution in [2.24, 2.45) is 9.98 Å². The molecule has 46 valence electrons. The summed E-state index contributed by atoms with van der Waals surface area (Å²) in [6, 6.07) is 0. The lowest BCUT2D eigenvalue weighted by molar-refractivity contribution is 0.966. The van der Waals surface area contributed by atoms with Crippen LogP contribution in [0, 0.1) is 0 Å². The number of nitrogens with zero attached hydrogens (tertiary/aromatic N) is 2. The topological polar surface area (TPSA) is 36.8 Å². The van der Waals surface area contributed by atoms with Crippen molar-refractivity contribution in [2.45, 2.75) is 6.42 Å². The first kappa shape index (κ1) is 4.73. The molecule has 0 aromatic carbocycles. The van der Waals surface area contributed by atoms with Gasteiger partial charge in [-0.1, -0.05) is 0 Å². The molecule has 0 fully saturated rings. The van der Waals surface area contributed by atoms with Crippen LogP contribution in [0.3, 0.4) is 0 Å². The maximum Gasteiger partial charge on any atom is 0.132 e. The molecule has 0 aliphatic carbocycles. The van der Waals surface area contributed by atoms with Crippen molar-refractivity contribution in [3.8, 4) is 0 Å². The smallest absolute Gasteiger partial charge is 0.132 e. The summed E-state index contributed by atoms with van der Waals surface area (Å²) in [6.45, 7) is 0.822. The van der Waals surface area contributed by atoms with E-state index >= 15 is 0 Å². The van der Waals surface area contributed by atoms with Gasteiger partial charge in [-0.15, -0.1) is 0 Å². The van der Waals surface area contributed by atoms with E-state index in [2.05, 4.69) is 15.3 Å². The second kappa shape index (κ2) is 1.69. The molecule has 0 aromatic rings. The van der Waals surface area contributed by atoms with Gasteiger partial charge in [0.2, 0.25) is 0 Å². The van der Waals surface area contributed by atoms with Crippen molar-refractivity contribution in [2.75, 3.05) is 6.54 Å². The van der Waals surface area contributed by atoms with Crippen molar-refractivity contribution in [1.29, 1.82) is 0 Å². The third kappa shape index (κ3) is 0.650. The van der Waals surface area contributed by atoms with Crippen molar-refractivity contribution < 1.29 is 0 Å². The summed E-state index contributed by atoms with van der Waals surface area (Å²) < 4.78 is 0. The van der Waals surface area contributed by atoms with Crippen LogP contribution in [0.15, 0.2) is 21.4 Å². The number of hydrogen-bond donors (Lipinski definition) is 1. The van der Waals surface area contributed by atoms with Gasteiger partial charge >= 0.3 is 0 Å².